The Morgan fingerprint density at radius 3 is 2.20 bits per heavy atom. The van der Waals surface area contributed by atoms with Gasteiger partial charge in [0.05, 0.1) is 17.5 Å². The Bertz CT molecular complexity index is 246. The molecule has 1 unspecified atom stereocenters. The van der Waals surface area contributed by atoms with E-state index in [2.05, 4.69) is 0 Å². The smallest absolute Gasteiger partial charge is 0.255 e. The normalized spacial score (nSPS) is 13.0. The average molecular weight is 238 g/mol. The van der Waals surface area contributed by atoms with E-state index in [1.54, 1.807) is 13.8 Å². The van der Waals surface area contributed by atoms with Crippen LogP contribution in [0.4, 0.5) is 8.78 Å². The van der Waals surface area contributed by atoms with Gasteiger partial charge in [-0.15, -0.1) is 0 Å². The molecule has 2 N–H and O–H groups in total. The third-order valence-corrected chi connectivity index (χ3v) is 2.28. The van der Waals surface area contributed by atoms with Crippen LogP contribution < -0.4 is 5.73 Å². The average Bonchev–Trinajstić information content (AvgIpc) is 2.00. The highest BCUT2D eigenvalue weighted by atomic mass is 32.1. The molecule has 0 aromatic rings. The molecule has 6 heteroatoms. The van der Waals surface area contributed by atoms with Crippen molar-refractivity contribution in [3.05, 3.63) is 0 Å². The van der Waals surface area contributed by atoms with Gasteiger partial charge in [0.15, 0.2) is 0 Å². The molecule has 0 saturated carbocycles. The van der Waals surface area contributed by atoms with Gasteiger partial charge >= 0.3 is 0 Å². The zero-order valence-electron chi connectivity index (χ0n) is 9.04. The Morgan fingerprint density at radius 1 is 1.47 bits per heavy atom. The van der Waals surface area contributed by atoms with Crippen molar-refractivity contribution in [1.29, 1.82) is 0 Å². The van der Waals surface area contributed by atoms with Crippen LogP contribution >= 0.6 is 12.2 Å². The van der Waals surface area contributed by atoms with E-state index >= 15 is 0 Å². The van der Waals surface area contributed by atoms with E-state index in [9.17, 15) is 13.6 Å². The highest BCUT2D eigenvalue weighted by molar-refractivity contribution is 7.80. The van der Waals surface area contributed by atoms with Crippen molar-refractivity contribution < 1.29 is 13.6 Å². The number of rotatable bonds is 5. The third-order valence-electron chi connectivity index (χ3n) is 2.03. The maximum absolute atomic E-state index is 12.1. The van der Waals surface area contributed by atoms with Gasteiger partial charge in [0.2, 0.25) is 5.91 Å². The zero-order chi connectivity index (χ0) is 12.2. The number of halogens is 2. The summed E-state index contributed by atoms with van der Waals surface area (Å²) in [6.45, 7) is 2.96. The minimum absolute atomic E-state index is 0.0520. The lowest BCUT2D eigenvalue weighted by molar-refractivity contribution is -0.134. The van der Waals surface area contributed by atoms with E-state index in [1.165, 1.54) is 7.05 Å². The summed E-state index contributed by atoms with van der Waals surface area (Å²) in [5.41, 5.74) is 5.40. The van der Waals surface area contributed by atoms with Crippen molar-refractivity contribution in [3.8, 4) is 0 Å². The van der Waals surface area contributed by atoms with Crippen molar-refractivity contribution in [3.63, 3.8) is 0 Å². The molecule has 0 radical (unpaired) electrons. The van der Waals surface area contributed by atoms with Crippen LogP contribution in [0.1, 0.15) is 13.8 Å². The Labute approximate surface area is 93.6 Å². The monoisotopic (exact) mass is 238 g/mol. The van der Waals surface area contributed by atoms with Crippen LogP contribution in [0.25, 0.3) is 0 Å². The van der Waals surface area contributed by atoms with E-state index in [0.717, 1.165) is 4.90 Å². The number of alkyl halides is 2. The summed E-state index contributed by atoms with van der Waals surface area (Å²) in [7, 11) is 1.32. The maximum Gasteiger partial charge on any atom is 0.255 e. The van der Waals surface area contributed by atoms with E-state index in [4.69, 9.17) is 18.0 Å². The predicted molar refractivity (Wildman–Crippen MR) is 58.8 cm³/mol. The minimum Gasteiger partial charge on any atom is -0.393 e. The lowest BCUT2D eigenvalue weighted by Crippen LogP contribution is -2.43. The van der Waals surface area contributed by atoms with Crippen LogP contribution in [0.2, 0.25) is 0 Å². The highest BCUT2D eigenvalue weighted by Crippen LogP contribution is 2.14. The van der Waals surface area contributed by atoms with Gasteiger partial charge in [-0.25, -0.2) is 8.78 Å². The molecular formula is C9H16F2N2OS. The number of hydrogen-bond acceptors (Lipinski definition) is 2. The lowest BCUT2D eigenvalue weighted by Gasteiger charge is -2.25. The standard InChI is InChI=1S/C9H16F2N2OS/c1-5(2)7(8(12)15)9(14)13(3)4-6(10)11/h5-7H,4H2,1-3H3,(H2,12,15). The molecule has 0 heterocycles. The van der Waals surface area contributed by atoms with Crippen molar-refractivity contribution in [2.75, 3.05) is 13.6 Å². The summed E-state index contributed by atoms with van der Waals surface area (Å²) in [5.74, 6) is -1.20. The molecule has 0 aromatic heterocycles. The second kappa shape index (κ2) is 5.95. The van der Waals surface area contributed by atoms with Gasteiger partial charge in [-0.3, -0.25) is 4.79 Å². The maximum atomic E-state index is 12.1. The molecule has 0 aliphatic rings. The summed E-state index contributed by atoms with van der Waals surface area (Å²) >= 11 is 4.75. The van der Waals surface area contributed by atoms with Crippen molar-refractivity contribution >= 4 is 23.1 Å². The molecule has 1 amide bonds. The van der Waals surface area contributed by atoms with Crippen LogP contribution in [0.5, 0.6) is 0 Å². The van der Waals surface area contributed by atoms with Crippen molar-refractivity contribution in [2.24, 2.45) is 17.6 Å². The van der Waals surface area contributed by atoms with Crippen molar-refractivity contribution in [2.45, 2.75) is 20.3 Å². The quantitative estimate of drug-likeness (QED) is 0.734. The van der Waals surface area contributed by atoms with E-state index in [0.29, 0.717) is 0 Å². The fourth-order valence-electron chi connectivity index (χ4n) is 1.27. The van der Waals surface area contributed by atoms with E-state index in [1.807, 2.05) is 0 Å². The van der Waals surface area contributed by atoms with Crippen LogP contribution in [0.15, 0.2) is 0 Å². The molecule has 0 aliphatic carbocycles. The van der Waals surface area contributed by atoms with Crippen LogP contribution in [0, 0.1) is 11.8 Å². The largest absolute Gasteiger partial charge is 0.393 e. The lowest BCUT2D eigenvalue weighted by atomic mass is 9.94. The number of carbonyl (C=O) groups excluding carboxylic acids is 1. The molecule has 0 aromatic carbocycles. The van der Waals surface area contributed by atoms with Gasteiger partial charge < -0.3 is 10.6 Å². The molecule has 1 atom stereocenters. The summed E-state index contributed by atoms with van der Waals surface area (Å²) in [6.07, 6.45) is -2.54. The SMILES string of the molecule is CC(C)C(C(=O)N(C)CC(F)F)C(N)=S. The Balaban J connectivity index is 4.57. The highest BCUT2D eigenvalue weighted by Gasteiger charge is 2.28. The van der Waals surface area contributed by atoms with Gasteiger partial charge in [0.25, 0.3) is 6.43 Å². The first-order valence-electron chi connectivity index (χ1n) is 4.59. The van der Waals surface area contributed by atoms with Gasteiger partial charge in [-0.1, -0.05) is 26.1 Å². The Morgan fingerprint density at radius 2 is 1.93 bits per heavy atom. The van der Waals surface area contributed by atoms with Gasteiger partial charge in [0, 0.05) is 7.05 Å². The predicted octanol–water partition coefficient (Wildman–Crippen LogP) is 1.27. The first-order chi connectivity index (χ1) is 6.77. The number of thiocarbonyl (C=S) groups is 1. The molecule has 0 bridgehead atoms. The van der Waals surface area contributed by atoms with Crippen molar-refractivity contribution in [1.82, 2.24) is 4.90 Å². The topological polar surface area (TPSA) is 46.3 Å². The first kappa shape index (κ1) is 14.2. The van der Waals surface area contributed by atoms with Crippen LogP contribution in [0.3, 0.4) is 0 Å². The van der Waals surface area contributed by atoms with Gasteiger partial charge in [-0.05, 0) is 5.92 Å². The summed E-state index contributed by atoms with van der Waals surface area (Å²) in [5, 5.41) is 0. The third kappa shape index (κ3) is 4.51. The molecule has 0 rings (SSSR count). The van der Waals surface area contributed by atoms with Gasteiger partial charge in [-0.2, -0.15) is 0 Å². The number of hydrogen-bond donors (Lipinski definition) is 1. The number of nitrogens with two attached hydrogens (primary N) is 1. The van der Waals surface area contributed by atoms with E-state index in [-0.39, 0.29) is 10.9 Å². The second-order valence-corrected chi connectivity index (χ2v) is 4.21. The zero-order valence-corrected chi connectivity index (χ0v) is 9.85. The molecule has 0 saturated heterocycles. The molecular weight excluding hydrogens is 222 g/mol. The molecule has 0 fully saturated rings. The van der Waals surface area contributed by atoms with Gasteiger partial charge in [0.1, 0.15) is 0 Å². The number of carbonyl (C=O) groups is 1. The summed E-state index contributed by atoms with van der Waals surface area (Å²) < 4.78 is 24.1. The Kier molecular flexibility index (Phi) is 5.64. The van der Waals surface area contributed by atoms with E-state index < -0.39 is 24.8 Å². The molecule has 15 heavy (non-hydrogen) atoms. The Hall–Kier alpha value is -0.780. The fraction of sp³-hybridized carbons (Fsp3) is 0.778. The molecule has 88 valence electrons. The molecule has 0 spiro atoms. The molecule has 0 aliphatic heterocycles. The second-order valence-electron chi connectivity index (χ2n) is 3.73. The fourth-order valence-corrected chi connectivity index (χ4v) is 1.64. The van der Waals surface area contributed by atoms with Crippen LogP contribution in [-0.4, -0.2) is 35.8 Å². The number of nitrogens with zero attached hydrogens (tertiary/aromatic N) is 1. The molecule has 3 nitrogen and oxygen atoms in total. The first-order valence-corrected chi connectivity index (χ1v) is 5.00. The summed E-state index contributed by atoms with van der Waals surface area (Å²) in [6, 6.07) is 0. The summed E-state index contributed by atoms with van der Waals surface area (Å²) in [4.78, 5) is 12.7. The number of amides is 1. The van der Waals surface area contributed by atoms with Crippen LogP contribution in [-0.2, 0) is 4.79 Å². The minimum atomic E-state index is -2.54.